The van der Waals surface area contributed by atoms with Gasteiger partial charge in [-0.15, -0.1) is 0 Å². The van der Waals surface area contributed by atoms with E-state index in [-0.39, 0.29) is 0 Å². The molecule has 1 heteroatoms. The molecule has 4 atom stereocenters. The van der Waals surface area contributed by atoms with E-state index in [4.69, 9.17) is 0 Å². The zero-order chi connectivity index (χ0) is 9.54. The minimum atomic E-state index is 0.976. The molecule has 0 radical (unpaired) electrons. The van der Waals surface area contributed by atoms with Gasteiger partial charge in [-0.1, -0.05) is 26.2 Å². The summed E-state index contributed by atoms with van der Waals surface area (Å²) >= 11 is 0. The van der Waals surface area contributed by atoms with Crippen LogP contribution in [0.3, 0.4) is 0 Å². The number of piperidine rings is 1. The fourth-order valence-corrected chi connectivity index (χ4v) is 4.56. The van der Waals surface area contributed by atoms with Crippen molar-refractivity contribution in [3.05, 3.63) is 0 Å². The molecule has 2 aliphatic heterocycles. The summed E-state index contributed by atoms with van der Waals surface area (Å²) in [6, 6.07) is 1.97. The molecule has 1 aliphatic carbocycles. The lowest BCUT2D eigenvalue weighted by Gasteiger charge is -2.46. The first kappa shape index (κ1) is 9.21. The van der Waals surface area contributed by atoms with Crippen molar-refractivity contribution < 1.29 is 0 Å². The largest absolute Gasteiger partial charge is 0.297 e. The van der Waals surface area contributed by atoms with Gasteiger partial charge in [0.05, 0.1) is 0 Å². The summed E-state index contributed by atoms with van der Waals surface area (Å²) in [4.78, 5) is 2.83. The summed E-state index contributed by atoms with van der Waals surface area (Å²) in [6.07, 6.45) is 10.7. The lowest BCUT2D eigenvalue weighted by Crippen LogP contribution is -2.49. The first-order valence-electron chi connectivity index (χ1n) is 6.66. The molecule has 2 heterocycles. The van der Waals surface area contributed by atoms with E-state index in [9.17, 15) is 0 Å². The van der Waals surface area contributed by atoms with Gasteiger partial charge in [0.2, 0.25) is 0 Å². The third-order valence-corrected chi connectivity index (χ3v) is 5.09. The molecule has 0 aromatic carbocycles. The van der Waals surface area contributed by atoms with E-state index in [0.29, 0.717) is 0 Å². The molecule has 14 heavy (non-hydrogen) atoms. The second kappa shape index (κ2) is 3.52. The molecule has 1 nitrogen and oxygen atoms in total. The van der Waals surface area contributed by atoms with Crippen LogP contribution in [0.4, 0.5) is 0 Å². The number of nitrogens with zero attached hydrogens (tertiary/aromatic N) is 1. The maximum Gasteiger partial charge on any atom is 0.0130 e. The van der Waals surface area contributed by atoms with Gasteiger partial charge in [0.15, 0.2) is 0 Å². The predicted molar refractivity (Wildman–Crippen MR) is 59.3 cm³/mol. The second-order valence-corrected chi connectivity index (χ2v) is 5.57. The van der Waals surface area contributed by atoms with Crippen LogP contribution in [0.1, 0.15) is 51.9 Å². The van der Waals surface area contributed by atoms with E-state index in [0.717, 1.165) is 23.9 Å². The van der Waals surface area contributed by atoms with Crippen molar-refractivity contribution in [2.45, 2.75) is 64.0 Å². The van der Waals surface area contributed by atoms with Gasteiger partial charge >= 0.3 is 0 Å². The Morgan fingerprint density at radius 2 is 1.93 bits per heavy atom. The molecule has 2 saturated heterocycles. The highest BCUT2D eigenvalue weighted by atomic mass is 15.2. The molecule has 3 aliphatic rings. The molecule has 3 fully saturated rings. The molecule has 0 aromatic rings. The van der Waals surface area contributed by atoms with Crippen molar-refractivity contribution in [1.82, 2.24) is 4.90 Å². The quantitative estimate of drug-likeness (QED) is 0.618. The zero-order valence-corrected chi connectivity index (χ0v) is 9.41. The van der Waals surface area contributed by atoms with Gasteiger partial charge in [-0.2, -0.15) is 0 Å². The molecule has 1 saturated carbocycles. The molecule has 0 amide bonds. The van der Waals surface area contributed by atoms with E-state index < -0.39 is 0 Å². The van der Waals surface area contributed by atoms with E-state index in [2.05, 4.69) is 11.8 Å². The van der Waals surface area contributed by atoms with Crippen LogP contribution in [-0.4, -0.2) is 23.5 Å². The van der Waals surface area contributed by atoms with E-state index in [1.807, 2.05) is 0 Å². The molecule has 4 unspecified atom stereocenters. The van der Waals surface area contributed by atoms with E-state index in [1.54, 1.807) is 12.8 Å². The van der Waals surface area contributed by atoms with Crippen molar-refractivity contribution in [3.8, 4) is 0 Å². The molecule has 2 bridgehead atoms. The van der Waals surface area contributed by atoms with Gasteiger partial charge in [-0.05, 0) is 44.1 Å². The molecule has 3 rings (SSSR count). The standard InChI is InChI=1S/C13H23N/c1-2-14-11-7-8-13(14)12-6-4-3-5-10(12)9-11/h10-13H,2-9H2,1H3. The smallest absolute Gasteiger partial charge is 0.0130 e. The van der Waals surface area contributed by atoms with Crippen LogP contribution in [0.25, 0.3) is 0 Å². The predicted octanol–water partition coefficient (Wildman–Crippen LogP) is 3.05. The van der Waals surface area contributed by atoms with E-state index >= 15 is 0 Å². The summed E-state index contributed by atoms with van der Waals surface area (Å²) in [5, 5.41) is 0. The van der Waals surface area contributed by atoms with Gasteiger partial charge in [0.1, 0.15) is 0 Å². The number of hydrogen-bond donors (Lipinski definition) is 0. The van der Waals surface area contributed by atoms with Crippen molar-refractivity contribution in [2.75, 3.05) is 6.54 Å². The average Bonchev–Trinajstić information content (AvgIpc) is 2.53. The Labute approximate surface area is 87.9 Å². The van der Waals surface area contributed by atoms with Gasteiger partial charge in [-0.3, -0.25) is 4.90 Å². The second-order valence-electron chi connectivity index (χ2n) is 5.57. The Balaban J connectivity index is 1.81. The van der Waals surface area contributed by atoms with Crippen LogP contribution in [0.15, 0.2) is 0 Å². The normalized spacial score (nSPS) is 47.8. The lowest BCUT2D eigenvalue weighted by molar-refractivity contribution is 0.0265. The molecule has 80 valence electrons. The molecule has 0 N–H and O–H groups in total. The third-order valence-electron chi connectivity index (χ3n) is 5.09. The van der Waals surface area contributed by atoms with E-state index in [1.165, 1.54) is 38.6 Å². The lowest BCUT2D eigenvalue weighted by atomic mass is 9.71. The minimum absolute atomic E-state index is 0.976. The maximum absolute atomic E-state index is 2.83. The van der Waals surface area contributed by atoms with Gasteiger partial charge in [-0.25, -0.2) is 0 Å². The van der Waals surface area contributed by atoms with Crippen LogP contribution in [-0.2, 0) is 0 Å². The summed E-state index contributed by atoms with van der Waals surface area (Å²) in [6.45, 7) is 3.66. The van der Waals surface area contributed by atoms with Crippen molar-refractivity contribution >= 4 is 0 Å². The molecular weight excluding hydrogens is 170 g/mol. The van der Waals surface area contributed by atoms with Crippen LogP contribution in [0, 0.1) is 11.8 Å². The van der Waals surface area contributed by atoms with Crippen LogP contribution < -0.4 is 0 Å². The Morgan fingerprint density at radius 1 is 1.07 bits per heavy atom. The highest BCUT2D eigenvalue weighted by Crippen LogP contribution is 2.48. The number of rotatable bonds is 1. The molecule has 0 aromatic heterocycles. The summed E-state index contributed by atoms with van der Waals surface area (Å²) < 4.78 is 0. The zero-order valence-electron chi connectivity index (χ0n) is 9.41. The van der Waals surface area contributed by atoms with Crippen molar-refractivity contribution in [1.29, 1.82) is 0 Å². The topological polar surface area (TPSA) is 3.24 Å². The number of fused-ring (bicyclic) bond motifs is 4. The summed E-state index contributed by atoms with van der Waals surface area (Å²) in [7, 11) is 0. The summed E-state index contributed by atoms with van der Waals surface area (Å²) in [5.41, 5.74) is 0. The fraction of sp³-hybridized carbons (Fsp3) is 1.00. The maximum atomic E-state index is 2.83. The highest BCUT2D eigenvalue weighted by molar-refractivity contribution is 5.00. The Hall–Kier alpha value is -0.0400. The Morgan fingerprint density at radius 3 is 2.79 bits per heavy atom. The monoisotopic (exact) mass is 193 g/mol. The first-order valence-corrected chi connectivity index (χ1v) is 6.66. The fourth-order valence-electron chi connectivity index (χ4n) is 4.56. The van der Waals surface area contributed by atoms with Gasteiger partial charge in [0.25, 0.3) is 0 Å². The SMILES string of the molecule is CCN1C2CCC1C1CCCCC1C2. The third kappa shape index (κ3) is 1.25. The molecular formula is C13H23N. The van der Waals surface area contributed by atoms with Crippen LogP contribution in [0.2, 0.25) is 0 Å². The molecule has 0 spiro atoms. The highest BCUT2D eigenvalue weighted by Gasteiger charge is 2.46. The van der Waals surface area contributed by atoms with Crippen molar-refractivity contribution in [3.63, 3.8) is 0 Å². The van der Waals surface area contributed by atoms with Crippen LogP contribution in [0.5, 0.6) is 0 Å². The van der Waals surface area contributed by atoms with Gasteiger partial charge < -0.3 is 0 Å². The van der Waals surface area contributed by atoms with Crippen LogP contribution >= 0.6 is 0 Å². The van der Waals surface area contributed by atoms with Crippen molar-refractivity contribution in [2.24, 2.45) is 11.8 Å². The number of hydrogen-bond acceptors (Lipinski definition) is 1. The minimum Gasteiger partial charge on any atom is -0.297 e. The Bertz CT molecular complexity index is 211. The average molecular weight is 193 g/mol. The first-order chi connectivity index (χ1) is 6.90. The Kier molecular flexibility index (Phi) is 2.31. The summed E-state index contributed by atoms with van der Waals surface area (Å²) in [5.74, 6) is 2.20. The van der Waals surface area contributed by atoms with Gasteiger partial charge in [0, 0.05) is 12.1 Å².